The smallest absolute Gasteiger partial charge is 0.227 e. The first kappa shape index (κ1) is 13.1. The number of hydrogen-bond acceptors (Lipinski definition) is 3. The molecule has 2 rings (SSSR count). The summed E-state index contributed by atoms with van der Waals surface area (Å²) in [6.45, 7) is 0.533. The maximum absolute atomic E-state index is 12.1. The lowest BCUT2D eigenvalue weighted by molar-refractivity contribution is -0.129. The van der Waals surface area contributed by atoms with Gasteiger partial charge in [-0.25, -0.2) is 0 Å². The lowest BCUT2D eigenvalue weighted by Gasteiger charge is -2.16. The summed E-state index contributed by atoms with van der Waals surface area (Å²) in [6, 6.07) is 6.76. The summed E-state index contributed by atoms with van der Waals surface area (Å²) >= 11 is 0. The number of benzene rings is 1. The van der Waals surface area contributed by atoms with Crippen molar-refractivity contribution in [3.63, 3.8) is 0 Å². The third kappa shape index (κ3) is 3.58. The Morgan fingerprint density at radius 2 is 2.21 bits per heavy atom. The molecule has 1 N–H and O–H groups in total. The molecule has 1 aromatic carbocycles. The molecule has 0 spiro atoms. The number of likely N-dealkylation sites (N-methyl/N-ethyl adjacent to an activating group) is 1. The van der Waals surface area contributed by atoms with E-state index in [9.17, 15) is 9.90 Å². The first-order valence-corrected chi connectivity index (χ1v) is 6.04. The van der Waals surface area contributed by atoms with Crippen LogP contribution in [-0.2, 0) is 24.8 Å². The van der Waals surface area contributed by atoms with Crippen LogP contribution in [0, 0.1) is 0 Å². The maximum atomic E-state index is 12.1. The molecule has 5 nitrogen and oxygen atoms in total. The molecule has 0 fully saturated rings. The van der Waals surface area contributed by atoms with E-state index in [4.69, 9.17) is 0 Å². The van der Waals surface area contributed by atoms with Gasteiger partial charge in [-0.05, 0) is 17.7 Å². The summed E-state index contributed by atoms with van der Waals surface area (Å²) in [6.07, 6.45) is 3.92. The fraction of sp³-hybridized carbons (Fsp3) is 0.286. The third-order valence-electron chi connectivity index (χ3n) is 2.87. The summed E-state index contributed by atoms with van der Waals surface area (Å²) in [7, 11) is 3.61. The summed E-state index contributed by atoms with van der Waals surface area (Å²) < 4.78 is 1.71. The van der Waals surface area contributed by atoms with Crippen molar-refractivity contribution in [2.45, 2.75) is 13.0 Å². The maximum Gasteiger partial charge on any atom is 0.227 e. The molecule has 19 heavy (non-hydrogen) atoms. The zero-order valence-corrected chi connectivity index (χ0v) is 11.1. The molecule has 1 heterocycles. The lowest BCUT2D eigenvalue weighted by atomic mass is 10.1. The summed E-state index contributed by atoms with van der Waals surface area (Å²) in [5, 5.41) is 13.4. The van der Waals surface area contributed by atoms with E-state index in [-0.39, 0.29) is 18.1 Å². The SMILES string of the molecule is CN(Cc1cnn(C)c1)C(=O)Cc1cccc(O)c1. The van der Waals surface area contributed by atoms with Crippen LogP contribution in [0.5, 0.6) is 5.75 Å². The number of aromatic nitrogens is 2. The van der Waals surface area contributed by atoms with E-state index in [2.05, 4.69) is 5.10 Å². The van der Waals surface area contributed by atoms with Gasteiger partial charge in [0.25, 0.3) is 0 Å². The van der Waals surface area contributed by atoms with Crippen molar-refractivity contribution in [2.24, 2.45) is 7.05 Å². The van der Waals surface area contributed by atoms with Gasteiger partial charge in [0.05, 0.1) is 12.6 Å². The third-order valence-corrected chi connectivity index (χ3v) is 2.87. The van der Waals surface area contributed by atoms with Crippen LogP contribution in [0.25, 0.3) is 0 Å². The minimum Gasteiger partial charge on any atom is -0.508 e. The van der Waals surface area contributed by atoms with Crippen molar-refractivity contribution in [1.29, 1.82) is 0 Å². The summed E-state index contributed by atoms with van der Waals surface area (Å²) in [5.41, 5.74) is 1.80. The normalized spacial score (nSPS) is 10.4. The Bertz CT molecular complexity index is 578. The average Bonchev–Trinajstić information content (AvgIpc) is 2.74. The molecule has 1 amide bonds. The topological polar surface area (TPSA) is 58.4 Å². The number of hydrogen-bond donors (Lipinski definition) is 1. The number of rotatable bonds is 4. The minimum absolute atomic E-state index is 0.00875. The highest BCUT2D eigenvalue weighted by molar-refractivity contribution is 5.78. The van der Waals surface area contributed by atoms with E-state index in [1.807, 2.05) is 19.3 Å². The number of carbonyl (C=O) groups is 1. The van der Waals surface area contributed by atoms with Crippen LogP contribution in [0.4, 0.5) is 0 Å². The Morgan fingerprint density at radius 3 is 2.84 bits per heavy atom. The molecule has 1 aromatic heterocycles. The van der Waals surface area contributed by atoms with Crippen molar-refractivity contribution in [3.05, 3.63) is 47.8 Å². The lowest BCUT2D eigenvalue weighted by Crippen LogP contribution is -2.27. The van der Waals surface area contributed by atoms with Crippen LogP contribution >= 0.6 is 0 Å². The van der Waals surface area contributed by atoms with Gasteiger partial charge in [-0.1, -0.05) is 12.1 Å². The minimum atomic E-state index is 0.00875. The Balaban J connectivity index is 1.96. The van der Waals surface area contributed by atoms with Gasteiger partial charge in [0.2, 0.25) is 5.91 Å². The quantitative estimate of drug-likeness (QED) is 0.901. The molecule has 0 saturated carbocycles. The number of phenolic OH excluding ortho intramolecular Hbond substituents is 1. The van der Waals surface area contributed by atoms with E-state index in [0.717, 1.165) is 11.1 Å². The molecule has 0 bridgehead atoms. The fourth-order valence-corrected chi connectivity index (χ4v) is 1.89. The molecule has 0 aliphatic carbocycles. The van der Waals surface area contributed by atoms with Crippen LogP contribution < -0.4 is 0 Å². The summed E-state index contributed by atoms with van der Waals surface area (Å²) in [5.74, 6) is 0.190. The van der Waals surface area contributed by atoms with Crippen molar-refractivity contribution in [1.82, 2.24) is 14.7 Å². The molecule has 0 saturated heterocycles. The standard InChI is InChI=1S/C14H17N3O2/c1-16(9-12-8-15-17(2)10-12)14(19)7-11-4-3-5-13(18)6-11/h3-6,8,10,18H,7,9H2,1-2H3. The Morgan fingerprint density at radius 1 is 1.42 bits per heavy atom. The highest BCUT2D eigenvalue weighted by atomic mass is 16.3. The van der Waals surface area contributed by atoms with E-state index < -0.39 is 0 Å². The number of nitrogens with zero attached hydrogens (tertiary/aromatic N) is 3. The number of phenols is 1. The highest BCUT2D eigenvalue weighted by Gasteiger charge is 2.11. The van der Waals surface area contributed by atoms with Crippen molar-refractivity contribution in [2.75, 3.05) is 7.05 Å². The average molecular weight is 259 g/mol. The van der Waals surface area contributed by atoms with Gasteiger partial charge in [0.15, 0.2) is 0 Å². The predicted octanol–water partition coefficient (Wildman–Crippen LogP) is 1.33. The molecule has 0 unspecified atom stereocenters. The van der Waals surface area contributed by atoms with Gasteiger partial charge in [-0.2, -0.15) is 5.10 Å². The zero-order valence-electron chi connectivity index (χ0n) is 11.1. The van der Waals surface area contributed by atoms with Crippen LogP contribution in [0.15, 0.2) is 36.7 Å². The Hall–Kier alpha value is -2.30. The largest absolute Gasteiger partial charge is 0.508 e. The van der Waals surface area contributed by atoms with Crippen molar-refractivity contribution < 1.29 is 9.90 Å². The predicted molar refractivity (Wildman–Crippen MR) is 71.5 cm³/mol. The van der Waals surface area contributed by atoms with Crippen molar-refractivity contribution >= 4 is 5.91 Å². The number of aryl methyl sites for hydroxylation is 1. The van der Waals surface area contributed by atoms with Gasteiger partial charge in [0, 0.05) is 32.4 Å². The van der Waals surface area contributed by atoms with Crippen LogP contribution in [0.2, 0.25) is 0 Å². The Labute approximate surface area is 112 Å². The van der Waals surface area contributed by atoms with E-state index in [1.165, 1.54) is 0 Å². The fourth-order valence-electron chi connectivity index (χ4n) is 1.89. The second-order valence-electron chi connectivity index (χ2n) is 4.62. The monoisotopic (exact) mass is 259 g/mol. The molecule has 0 radical (unpaired) electrons. The van der Waals surface area contributed by atoms with Gasteiger partial charge in [-0.15, -0.1) is 0 Å². The van der Waals surface area contributed by atoms with Gasteiger partial charge in [-0.3, -0.25) is 9.48 Å². The zero-order chi connectivity index (χ0) is 13.8. The van der Waals surface area contributed by atoms with Gasteiger partial charge >= 0.3 is 0 Å². The van der Waals surface area contributed by atoms with E-state index in [0.29, 0.717) is 6.54 Å². The number of aromatic hydroxyl groups is 1. The van der Waals surface area contributed by atoms with Gasteiger partial charge < -0.3 is 10.0 Å². The highest BCUT2D eigenvalue weighted by Crippen LogP contribution is 2.12. The number of amides is 1. The second kappa shape index (κ2) is 5.56. The molecule has 0 atom stereocenters. The van der Waals surface area contributed by atoms with E-state index in [1.54, 1.807) is 41.0 Å². The molecular weight excluding hydrogens is 242 g/mol. The first-order valence-electron chi connectivity index (χ1n) is 6.04. The number of carbonyl (C=O) groups excluding carboxylic acids is 1. The van der Waals surface area contributed by atoms with Crippen LogP contribution in [0.3, 0.4) is 0 Å². The molecule has 0 aliphatic rings. The van der Waals surface area contributed by atoms with Crippen molar-refractivity contribution in [3.8, 4) is 5.75 Å². The molecule has 5 heteroatoms. The summed E-state index contributed by atoms with van der Waals surface area (Å²) in [4.78, 5) is 13.7. The first-order chi connectivity index (χ1) is 9.04. The molecule has 100 valence electrons. The Kier molecular flexibility index (Phi) is 3.85. The van der Waals surface area contributed by atoms with Crippen LogP contribution in [-0.4, -0.2) is 32.7 Å². The molecular formula is C14H17N3O2. The van der Waals surface area contributed by atoms with Gasteiger partial charge in [0.1, 0.15) is 5.75 Å². The van der Waals surface area contributed by atoms with E-state index >= 15 is 0 Å². The molecule has 2 aromatic rings. The second-order valence-corrected chi connectivity index (χ2v) is 4.62. The van der Waals surface area contributed by atoms with Crippen LogP contribution in [0.1, 0.15) is 11.1 Å². The molecule has 0 aliphatic heterocycles.